The Bertz CT molecular complexity index is 659. The number of halogens is 1. The van der Waals surface area contributed by atoms with E-state index in [4.69, 9.17) is 20.9 Å². The van der Waals surface area contributed by atoms with Crippen LogP contribution < -0.4 is 5.46 Å². The largest absolute Gasteiger partial charge is 0.494 e. The van der Waals surface area contributed by atoms with E-state index < -0.39 is 0 Å². The zero-order valence-corrected chi connectivity index (χ0v) is 12.7. The van der Waals surface area contributed by atoms with Crippen LogP contribution in [-0.2, 0) is 9.31 Å². The summed E-state index contributed by atoms with van der Waals surface area (Å²) in [6.45, 7) is 8.15. The van der Waals surface area contributed by atoms with Gasteiger partial charge in [0, 0.05) is 10.8 Å². The SMILES string of the molecule is CC1(C)OB(c2ccc3c(Cl)nncc3c2)OC1(C)C. The molecule has 3 rings (SSSR count). The molecule has 0 unspecified atom stereocenters. The Kier molecular flexibility index (Phi) is 3.05. The van der Waals surface area contributed by atoms with Gasteiger partial charge in [-0.25, -0.2) is 0 Å². The van der Waals surface area contributed by atoms with Crippen molar-refractivity contribution in [2.45, 2.75) is 38.9 Å². The lowest BCUT2D eigenvalue weighted by molar-refractivity contribution is 0.00578. The van der Waals surface area contributed by atoms with Crippen molar-refractivity contribution in [2.24, 2.45) is 0 Å². The van der Waals surface area contributed by atoms with Crippen LogP contribution in [0, 0.1) is 0 Å². The van der Waals surface area contributed by atoms with E-state index in [9.17, 15) is 0 Å². The third-order valence-corrected chi connectivity index (χ3v) is 4.44. The summed E-state index contributed by atoms with van der Waals surface area (Å²) in [5.74, 6) is 0. The second-order valence-corrected chi connectivity index (χ2v) is 6.43. The second kappa shape index (κ2) is 4.42. The van der Waals surface area contributed by atoms with Crippen LogP contribution in [-0.4, -0.2) is 28.5 Å². The molecule has 0 amide bonds. The first kappa shape index (κ1) is 13.8. The van der Waals surface area contributed by atoms with Crippen LogP contribution in [0.15, 0.2) is 24.4 Å². The van der Waals surface area contributed by atoms with Gasteiger partial charge in [-0.1, -0.05) is 29.8 Å². The Morgan fingerprint density at radius 2 is 1.75 bits per heavy atom. The molecule has 1 aliphatic rings. The van der Waals surface area contributed by atoms with Crippen LogP contribution in [0.1, 0.15) is 27.7 Å². The van der Waals surface area contributed by atoms with Crippen molar-refractivity contribution in [2.75, 3.05) is 0 Å². The zero-order valence-electron chi connectivity index (χ0n) is 12.0. The first-order chi connectivity index (χ1) is 9.30. The van der Waals surface area contributed by atoms with Crippen molar-refractivity contribution in [3.8, 4) is 0 Å². The zero-order chi connectivity index (χ0) is 14.5. The molecule has 4 nitrogen and oxygen atoms in total. The highest BCUT2D eigenvalue weighted by atomic mass is 35.5. The minimum Gasteiger partial charge on any atom is -0.399 e. The van der Waals surface area contributed by atoms with Crippen molar-refractivity contribution in [3.63, 3.8) is 0 Å². The van der Waals surface area contributed by atoms with Gasteiger partial charge in [-0.2, -0.15) is 5.10 Å². The minimum atomic E-state index is -0.378. The van der Waals surface area contributed by atoms with Crippen LogP contribution in [0.5, 0.6) is 0 Å². The van der Waals surface area contributed by atoms with E-state index in [1.54, 1.807) is 6.20 Å². The molecule has 6 heteroatoms. The quantitative estimate of drug-likeness (QED) is 0.757. The standard InChI is InChI=1S/C14H16BClN2O2/c1-13(2)14(3,4)20-15(19-13)10-5-6-11-9(7-10)8-17-18-12(11)16/h5-8H,1-4H3. The lowest BCUT2D eigenvalue weighted by Gasteiger charge is -2.32. The molecular formula is C14H16BClN2O2. The molecule has 1 aromatic heterocycles. The molecule has 20 heavy (non-hydrogen) atoms. The van der Waals surface area contributed by atoms with Gasteiger partial charge >= 0.3 is 7.12 Å². The summed E-state index contributed by atoms with van der Waals surface area (Å²) >= 11 is 6.02. The normalized spacial score (nSPS) is 20.6. The molecule has 1 aromatic carbocycles. The first-order valence-electron chi connectivity index (χ1n) is 6.57. The maximum absolute atomic E-state index is 6.04. The van der Waals surface area contributed by atoms with Crippen LogP contribution in [0.2, 0.25) is 5.15 Å². The fraction of sp³-hybridized carbons (Fsp3) is 0.429. The van der Waals surface area contributed by atoms with Gasteiger partial charge in [0.1, 0.15) is 0 Å². The first-order valence-corrected chi connectivity index (χ1v) is 6.94. The highest BCUT2D eigenvalue weighted by Crippen LogP contribution is 2.36. The number of aromatic nitrogens is 2. The molecule has 1 fully saturated rings. The third kappa shape index (κ3) is 2.10. The monoisotopic (exact) mass is 290 g/mol. The topological polar surface area (TPSA) is 44.2 Å². The van der Waals surface area contributed by atoms with Gasteiger partial charge in [0.25, 0.3) is 0 Å². The van der Waals surface area contributed by atoms with Crippen molar-refractivity contribution in [1.29, 1.82) is 0 Å². The van der Waals surface area contributed by atoms with E-state index >= 15 is 0 Å². The number of fused-ring (bicyclic) bond motifs is 1. The number of rotatable bonds is 1. The van der Waals surface area contributed by atoms with E-state index in [2.05, 4.69) is 10.2 Å². The molecule has 2 heterocycles. The fourth-order valence-electron chi connectivity index (χ4n) is 2.20. The van der Waals surface area contributed by atoms with Gasteiger partial charge in [0.2, 0.25) is 0 Å². The molecule has 0 aliphatic carbocycles. The summed E-state index contributed by atoms with van der Waals surface area (Å²) in [5, 5.41) is 9.92. The Balaban J connectivity index is 2.00. The molecule has 0 N–H and O–H groups in total. The molecule has 1 saturated heterocycles. The third-order valence-electron chi connectivity index (χ3n) is 4.17. The summed E-state index contributed by atoms with van der Waals surface area (Å²) in [6.07, 6.45) is 1.69. The van der Waals surface area contributed by atoms with Crippen LogP contribution in [0.25, 0.3) is 10.8 Å². The van der Waals surface area contributed by atoms with Crippen LogP contribution in [0.4, 0.5) is 0 Å². The molecular weight excluding hydrogens is 274 g/mol. The van der Waals surface area contributed by atoms with Crippen molar-refractivity contribution in [3.05, 3.63) is 29.5 Å². The summed E-state index contributed by atoms with van der Waals surface area (Å²) in [6, 6.07) is 5.86. The highest BCUT2D eigenvalue weighted by Gasteiger charge is 2.51. The smallest absolute Gasteiger partial charge is 0.399 e. The number of hydrogen-bond acceptors (Lipinski definition) is 4. The number of nitrogens with zero attached hydrogens (tertiary/aromatic N) is 2. The number of benzene rings is 1. The summed E-state index contributed by atoms with van der Waals surface area (Å²) in [7, 11) is -0.378. The lowest BCUT2D eigenvalue weighted by atomic mass is 9.78. The Hall–Kier alpha value is -1.17. The maximum atomic E-state index is 6.04. The van der Waals surface area contributed by atoms with Crippen LogP contribution >= 0.6 is 11.6 Å². The molecule has 0 bridgehead atoms. The summed E-state index contributed by atoms with van der Waals surface area (Å²) in [5.41, 5.74) is 0.266. The molecule has 0 spiro atoms. The van der Waals surface area contributed by atoms with Gasteiger partial charge < -0.3 is 9.31 Å². The van der Waals surface area contributed by atoms with E-state index in [-0.39, 0.29) is 18.3 Å². The van der Waals surface area contributed by atoms with E-state index in [0.29, 0.717) is 5.15 Å². The predicted molar refractivity (Wildman–Crippen MR) is 80.3 cm³/mol. The summed E-state index contributed by atoms with van der Waals surface area (Å²) < 4.78 is 12.1. The summed E-state index contributed by atoms with van der Waals surface area (Å²) in [4.78, 5) is 0. The minimum absolute atomic E-state index is 0.346. The van der Waals surface area contributed by atoms with Gasteiger partial charge in [-0.05, 0) is 33.2 Å². The Morgan fingerprint density at radius 1 is 1.10 bits per heavy atom. The Labute approximate surface area is 123 Å². The maximum Gasteiger partial charge on any atom is 0.494 e. The predicted octanol–water partition coefficient (Wildman–Crippen LogP) is 2.58. The van der Waals surface area contributed by atoms with Crippen molar-refractivity contribution >= 4 is 35.0 Å². The molecule has 0 radical (unpaired) electrons. The van der Waals surface area contributed by atoms with E-state index in [0.717, 1.165) is 16.2 Å². The van der Waals surface area contributed by atoms with Gasteiger partial charge in [-0.3, -0.25) is 0 Å². The Morgan fingerprint density at radius 3 is 2.40 bits per heavy atom. The lowest BCUT2D eigenvalue weighted by Crippen LogP contribution is -2.41. The molecule has 0 saturated carbocycles. The highest BCUT2D eigenvalue weighted by molar-refractivity contribution is 6.62. The number of hydrogen-bond donors (Lipinski definition) is 0. The van der Waals surface area contributed by atoms with Gasteiger partial charge in [0.15, 0.2) is 5.15 Å². The molecule has 0 atom stereocenters. The van der Waals surface area contributed by atoms with E-state index in [1.807, 2.05) is 45.9 Å². The van der Waals surface area contributed by atoms with Crippen molar-refractivity contribution < 1.29 is 9.31 Å². The fourth-order valence-corrected chi connectivity index (χ4v) is 2.41. The van der Waals surface area contributed by atoms with E-state index in [1.165, 1.54) is 0 Å². The van der Waals surface area contributed by atoms with Gasteiger partial charge in [0.05, 0.1) is 17.4 Å². The molecule has 2 aromatic rings. The average molecular weight is 291 g/mol. The molecule has 1 aliphatic heterocycles. The second-order valence-electron chi connectivity index (χ2n) is 6.07. The van der Waals surface area contributed by atoms with Crippen molar-refractivity contribution in [1.82, 2.24) is 10.2 Å². The van der Waals surface area contributed by atoms with Gasteiger partial charge in [-0.15, -0.1) is 5.10 Å². The van der Waals surface area contributed by atoms with Crippen LogP contribution in [0.3, 0.4) is 0 Å². The average Bonchev–Trinajstić information content (AvgIpc) is 2.58. The molecule has 104 valence electrons.